The Morgan fingerprint density at radius 2 is 1.95 bits per heavy atom. The summed E-state index contributed by atoms with van der Waals surface area (Å²) in [5.41, 5.74) is 4.31. The van der Waals surface area contributed by atoms with Crippen molar-refractivity contribution in [3.05, 3.63) is 34.9 Å². The van der Waals surface area contributed by atoms with Crippen molar-refractivity contribution >= 4 is 0 Å². The lowest BCUT2D eigenvalue weighted by molar-refractivity contribution is 0.242. The van der Waals surface area contributed by atoms with Crippen LogP contribution in [0.1, 0.15) is 29.5 Å². The summed E-state index contributed by atoms with van der Waals surface area (Å²) >= 11 is 0. The standard InChI is InChI=1S/C17H28N2/c1-14-4-5-17(15(2)12-14)8-11-19(3)13-16-6-9-18-10-7-16/h4-5,12,16,18H,6-11,13H2,1-3H3. The highest BCUT2D eigenvalue weighted by atomic mass is 15.1. The Balaban J connectivity index is 1.77. The van der Waals surface area contributed by atoms with E-state index in [1.165, 1.54) is 62.1 Å². The number of nitrogens with one attached hydrogen (secondary N) is 1. The molecule has 0 bridgehead atoms. The van der Waals surface area contributed by atoms with E-state index in [4.69, 9.17) is 0 Å². The van der Waals surface area contributed by atoms with Gasteiger partial charge in [0.1, 0.15) is 0 Å². The van der Waals surface area contributed by atoms with Crippen LogP contribution in [0, 0.1) is 19.8 Å². The first kappa shape index (κ1) is 14.5. The number of aryl methyl sites for hydroxylation is 2. The quantitative estimate of drug-likeness (QED) is 0.876. The van der Waals surface area contributed by atoms with Crippen molar-refractivity contribution in [2.75, 3.05) is 33.2 Å². The van der Waals surface area contributed by atoms with Gasteiger partial charge in [0.15, 0.2) is 0 Å². The number of rotatable bonds is 5. The molecule has 0 saturated carbocycles. The average Bonchev–Trinajstić information content (AvgIpc) is 2.39. The van der Waals surface area contributed by atoms with Gasteiger partial charge in [-0.05, 0) is 70.3 Å². The molecular formula is C17H28N2. The molecule has 0 aliphatic carbocycles. The molecule has 1 N–H and O–H groups in total. The van der Waals surface area contributed by atoms with Crippen LogP contribution in [0.4, 0.5) is 0 Å². The minimum Gasteiger partial charge on any atom is -0.317 e. The molecule has 1 aromatic carbocycles. The van der Waals surface area contributed by atoms with Gasteiger partial charge < -0.3 is 10.2 Å². The number of nitrogens with zero attached hydrogens (tertiary/aromatic N) is 1. The summed E-state index contributed by atoms with van der Waals surface area (Å²) in [5, 5.41) is 3.44. The predicted molar refractivity (Wildman–Crippen MR) is 82.7 cm³/mol. The van der Waals surface area contributed by atoms with E-state index in [0.717, 1.165) is 5.92 Å². The third-order valence-corrected chi connectivity index (χ3v) is 4.29. The molecule has 1 aliphatic heterocycles. The summed E-state index contributed by atoms with van der Waals surface area (Å²) < 4.78 is 0. The van der Waals surface area contributed by atoms with Crippen molar-refractivity contribution in [2.24, 2.45) is 5.92 Å². The fourth-order valence-electron chi connectivity index (χ4n) is 3.03. The highest BCUT2D eigenvalue weighted by molar-refractivity contribution is 5.30. The first-order valence-electron chi connectivity index (χ1n) is 7.60. The lowest BCUT2D eigenvalue weighted by Gasteiger charge is -2.27. The van der Waals surface area contributed by atoms with Gasteiger partial charge in [0.25, 0.3) is 0 Å². The second-order valence-corrected chi connectivity index (χ2v) is 6.14. The van der Waals surface area contributed by atoms with Gasteiger partial charge in [0, 0.05) is 13.1 Å². The SMILES string of the molecule is Cc1ccc(CCN(C)CC2CCNCC2)c(C)c1. The molecule has 19 heavy (non-hydrogen) atoms. The van der Waals surface area contributed by atoms with Gasteiger partial charge in [-0.25, -0.2) is 0 Å². The normalized spacial score (nSPS) is 17.1. The Morgan fingerprint density at radius 1 is 1.21 bits per heavy atom. The van der Waals surface area contributed by atoms with Crippen molar-refractivity contribution in [3.8, 4) is 0 Å². The van der Waals surface area contributed by atoms with E-state index in [2.05, 4.69) is 49.3 Å². The van der Waals surface area contributed by atoms with Crippen molar-refractivity contribution in [3.63, 3.8) is 0 Å². The number of benzene rings is 1. The van der Waals surface area contributed by atoms with Crippen LogP contribution in [-0.4, -0.2) is 38.1 Å². The molecule has 1 saturated heterocycles. The summed E-state index contributed by atoms with van der Waals surface area (Å²) in [6, 6.07) is 6.82. The molecule has 1 heterocycles. The minimum atomic E-state index is 0.894. The second-order valence-electron chi connectivity index (χ2n) is 6.14. The Bertz CT molecular complexity index is 394. The maximum Gasteiger partial charge on any atom is 0.00190 e. The summed E-state index contributed by atoms with van der Waals surface area (Å²) in [6.45, 7) is 9.24. The topological polar surface area (TPSA) is 15.3 Å². The molecule has 2 rings (SSSR count). The third kappa shape index (κ3) is 4.63. The smallest absolute Gasteiger partial charge is 0.00190 e. The fraction of sp³-hybridized carbons (Fsp3) is 0.647. The van der Waals surface area contributed by atoms with Crippen LogP contribution < -0.4 is 5.32 Å². The zero-order chi connectivity index (χ0) is 13.7. The first-order valence-corrected chi connectivity index (χ1v) is 7.60. The number of hydrogen-bond acceptors (Lipinski definition) is 2. The third-order valence-electron chi connectivity index (χ3n) is 4.29. The van der Waals surface area contributed by atoms with Gasteiger partial charge in [-0.15, -0.1) is 0 Å². The molecule has 2 nitrogen and oxygen atoms in total. The van der Waals surface area contributed by atoms with Crippen molar-refractivity contribution in [1.29, 1.82) is 0 Å². The summed E-state index contributed by atoms with van der Waals surface area (Å²) in [4.78, 5) is 2.51. The van der Waals surface area contributed by atoms with E-state index < -0.39 is 0 Å². The zero-order valence-corrected chi connectivity index (χ0v) is 12.7. The van der Waals surface area contributed by atoms with E-state index in [1.807, 2.05) is 0 Å². The largest absolute Gasteiger partial charge is 0.317 e. The van der Waals surface area contributed by atoms with Gasteiger partial charge in [0.2, 0.25) is 0 Å². The fourth-order valence-corrected chi connectivity index (χ4v) is 3.03. The Kier molecular flexibility index (Phi) is 5.41. The lowest BCUT2D eigenvalue weighted by Crippen LogP contribution is -2.35. The Hall–Kier alpha value is -0.860. The van der Waals surface area contributed by atoms with Gasteiger partial charge in [-0.1, -0.05) is 23.8 Å². The maximum atomic E-state index is 3.44. The molecule has 106 valence electrons. The van der Waals surface area contributed by atoms with E-state index in [-0.39, 0.29) is 0 Å². The van der Waals surface area contributed by atoms with Crippen molar-refractivity contribution < 1.29 is 0 Å². The van der Waals surface area contributed by atoms with Gasteiger partial charge in [-0.2, -0.15) is 0 Å². The van der Waals surface area contributed by atoms with Crippen LogP contribution in [-0.2, 0) is 6.42 Å². The molecule has 1 fully saturated rings. The molecular weight excluding hydrogens is 232 g/mol. The van der Waals surface area contributed by atoms with E-state index in [9.17, 15) is 0 Å². The van der Waals surface area contributed by atoms with E-state index >= 15 is 0 Å². The molecule has 0 radical (unpaired) electrons. The first-order chi connectivity index (χ1) is 9.15. The lowest BCUT2D eigenvalue weighted by atomic mass is 9.97. The van der Waals surface area contributed by atoms with E-state index in [1.54, 1.807) is 0 Å². The molecule has 0 amide bonds. The van der Waals surface area contributed by atoms with Crippen LogP contribution >= 0.6 is 0 Å². The average molecular weight is 260 g/mol. The monoisotopic (exact) mass is 260 g/mol. The molecule has 2 heteroatoms. The van der Waals surface area contributed by atoms with E-state index in [0.29, 0.717) is 0 Å². The van der Waals surface area contributed by atoms with Gasteiger partial charge in [-0.3, -0.25) is 0 Å². The molecule has 0 unspecified atom stereocenters. The highest BCUT2D eigenvalue weighted by Gasteiger charge is 2.14. The van der Waals surface area contributed by atoms with Gasteiger partial charge in [0.05, 0.1) is 0 Å². The van der Waals surface area contributed by atoms with Crippen LogP contribution in [0.25, 0.3) is 0 Å². The molecule has 0 aromatic heterocycles. The minimum absolute atomic E-state index is 0.894. The Morgan fingerprint density at radius 3 is 2.63 bits per heavy atom. The molecule has 0 atom stereocenters. The number of piperidine rings is 1. The second kappa shape index (κ2) is 7.06. The number of hydrogen-bond donors (Lipinski definition) is 1. The van der Waals surface area contributed by atoms with Crippen LogP contribution in [0.3, 0.4) is 0 Å². The summed E-state index contributed by atoms with van der Waals surface area (Å²) in [5.74, 6) is 0.894. The van der Waals surface area contributed by atoms with Crippen molar-refractivity contribution in [2.45, 2.75) is 33.1 Å². The molecule has 1 aromatic rings. The molecule has 1 aliphatic rings. The van der Waals surface area contributed by atoms with Crippen molar-refractivity contribution in [1.82, 2.24) is 10.2 Å². The zero-order valence-electron chi connectivity index (χ0n) is 12.7. The van der Waals surface area contributed by atoms with Gasteiger partial charge >= 0.3 is 0 Å². The number of likely N-dealkylation sites (N-methyl/N-ethyl adjacent to an activating group) is 1. The maximum absolute atomic E-state index is 3.44. The van der Waals surface area contributed by atoms with Crippen LogP contribution in [0.5, 0.6) is 0 Å². The summed E-state index contributed by atoms with van der Waals surface area (Å²) in [6.07, 6.45) is 3.86. The molecule has 0 spiro atoms. The summed E-state index contributed by atoms with van der Waals surface area (Å²) in [7, 11) is 2.27. The predicted octanol–water partition coefficient (Wildman–Crippen LogP) is 2.78. The Labute approximate surface area is 118 Å². The van der Waals surface area contributed by atoms with Crippen LogP contribution in [0.15, 0.2) is 18.2 Å². The van der Waals surface area contributed by atoms with Crippen LogP contribution in [0.2, 0.25) is 0 Å². The highest BCUT2D eigenvalue weighted by Crippen LogP contribution is 2.14.